The summed E-state index contributed by atoms with van der Waals surface area (Å²) in [6.07, 6.45) is 0. The molecule has 28 heavy (non-hydrogen) atoms. The second-order valence-electron chi connectivity index (χ2n) is 5.81. The second kappa shape index (κ2) is 8.18. The molecule has 1 aromatic heterocycles. The normalized spacial score (nSPS) is 10.9. The van der Waals surface area contributed by atoms with Gasteiger partial charge in [0.15, 0.2) is 0 Å². The number of tetrazole rings is 1. The van der Waals surface area contributed by atoms with E-state index in [4.69, 9.17) is 23.2 Å². The maximum Gasteiger partial charge on any atom is 0.234 e. The molecule has 1 N–H and O–H groups in total. The van der Waals surface area contributed by atoms with Crippen molar-refractivity contribution in [3.05, 3.63) is 70.7 Å². The molecular formula is C19H13Cl2N5OS. The highest BCUT2D eigenvalue weighted by Crippen LogP contribution is 2.30. The van der Waals surface area contributed by atoms with Crippen molar-refractivity contribution in [1.29, 1.82) is 0 Å². The molecule has 0 fully saturated rings. The Morgan fingerprint density at radius 3 is 2.71 bits per heavy atom. The van der Waals surface area contributed by atoms with Crippen LogP contribution in [0.4, 0.5) is 5.69 Å². The lowest BCUT2D eigenvalue weighted by Crippen LogP contribution is -2.15. The van der Waals surface area contributed by atoms with Crippen molar-refractivity contribution >= 4 is 57.3 Å². The van der Waals surface area contributed by atoms with E-state index in [1.165, 1.54) is 11.8 Å². The summed E-state index contributed by atoms with van der Waals surface area (Å²) in [5.74, 6) is -0.116. The molecule has 0 atom stereocenters. The first-order chi connectivity index (χ1) is 13.6. The number of aromatic nitrogens is 4. The molecule has 1 amide bonds. The molecule has 0 bridgehead atoms. The zero-order valence-electron chi connectivity index (χ0n) is 14.3. The zero-order chi connectivity index (χ0) is 19.5. The van der Waals surface area contributed by atoms with Crippen LogP contribution in [0.5, 0.6) is 0 Å². The lowest BCUT2D eigenvalue weighted by Gasteiger charge is -2.09. The number of carbonyl (C=O) groups is 1. The van der Waals surface area contributed by atoms with Crippen molar-refractivity contribution in [2.24, 2.45) is 0 Å². The average Bonchev–Trinajstić information content (AvgIpc) is 3.18. The van der Waals surface area contributed by atoms with Gasteiger partial charge in [0.1, 0.15) is 0 Å². The topological polar surface area (TPSA) is 72.7 Å². The zero-order valence-corrected chi connectivity index (χ0v) is 16.7. The number of hydrogen-bond acceptors (Lipinski definition) is 5. The number of rotatable bonds is 5. The van der Waals surface area contributed by atoms with E-state index < -0.39 is 0 Å². The van der Waals surface area contributed by atoms with Crippen molar-refractivity contribution in [2.75, 3.05) is 11.1 Å². The molecular weight excluding hydrogens is 417 g/mol. The van der Waals surface area contributed by atoms with E-state index in [-0.39, 0.29) is 11.7 Å². The molecule has 0 unspecified atom stereocenters. The van der Waals surface area contributed by atoms with E-state index in [0.717, 1.165) is 16.5 Å². The van der Waals surface area contributed by atoms with Crippen molar-refractivity contribution in [1.82, 2.24) is 20.2 Å². The molecule has 3 aromatic carbocycles. The van der Waals surface area contributed by atoms with Crippen LogP contribution in [0.25, 0.3) is 16.5 Å². The first kappa shape index (κ1) is 18.7. The SMILES string of the molecule is O=C(CSc1nnnn1-c1cccc2ccccc12)Nc1cccc(Cl)c1Cl. The van der Waals surface area contributed by atoms with Crippen molar-refractivity contribution in [3.63, 3.8) is 0 Å². The average molecular weight is 430 g/mol. The number of nitrogens with zero attached hydrogens (tertiary/aromatic N) is 4. The van der Waals surface area contributed by atoms with Crippen LogP contribution in [0.2, 0.25) is 10.0 Å². The van der Waals surface area contributed by atoms with Gasteiger partial charge in [0.2, 0.25) is 11.1 Å². The summed E-state index contributed by atoms with van der Waals surface area (Å²) in [4.78, 5) is 12.3. The van der Waals surface area contributed by atoms with Crippen molar-refractivity contribution in [2.45, 2.75) is 5.16 Å². The Morgan fingerprint density at radius 2 is 1.82 bits per heavy atom. The van der Waals surface area contributed by atoms with Gasteiger partial charge in [-0.25, -0.2) is 0 Å². The molecule has 0 spiro atoms. The maximum atomic E-state index is 12.3. The van der Waals surface area contributed by atoms with Gasteiger partial charge < -0.3 is 5.32 Å². The van der Waals surface area contributed by atoms with Crippen LogP contribution in [-0.2, 0) is 4.79 Å². The van der Waals surface area contributed by atoms with Gasteiger partial charge in [-0.1, -0.05) is 77.4 Å². The highest BCUT2D eigenvalue weighted by atomic mass is 35.5. The molecule has 4 rings (SSSR count). The van der Waals surface area contributed by atoms with Gasteiger partial charge >= 0.3 is 0 Å². The van der Waals surface area contributed by atoms with Gasteiger partial charge in [0.25, 0.3) is 0 Å². The highest BCUT2D eigenvalue weighted by Gasteiger charge is 2.14. The lowest BCUT2D eigenvalue weighted by atomic mass is 10.1. The fourth-order valence-corrected chi connectivity index (χ4v) is 3.76. The quantitative estimate of drug-likeness (QED) is 0.458. The number of thioether (sulfide) groups is 1. The largest absolute Gasteiger partial charge is 0.324 e. The Morgan fingerprint density at radius 1 is 1.04 bits per heavy atom. The lowest BCUT2D eigenvalue weighted by molar-refractivity contribution is -0.113. The Labute approximate surface area is 174 Å². The Balaban J connectivity index is 1.52. The number of amides is 1. The molecule has 6 nitrogen and oxygen atoms in total. The summed E-state index contributed by atoms with van der Waals surface area (Å²) in [5, 5.41) is 18.0. The molecule has 0 aliphatic rings. The molecule has 0 aliphatic carbocycles. The van der Waals surface area contributed by atoms with E-state index >= 15 is 0 Å². The number of nitrogens with one attached hydrogen (secondary N) is 1. The van der Waals surface area contributed by atoms with E-state index in [0.29, 0.717) is 20.9 Å². The van der Waals surface area contributed by atoms with Crippen LogP contribution in [0, 0.1) is 0 Å². The number of benzene rings is 3. The molecule has 0 aliphatic heterocycles. The smallest absolute Gasteiger partial charge is 0.234 e. The van der Waals surface area contributed by atoms with Gasteiger partial charge in [-0.2, -0.15) is 4.68 Å². The minimum atomic E-state index is -0.235. The summed E-state index contributed by atoms with van der Waals surface area (Å²) in [6.45, 7) is 0. The fourth-order valence-electron chi connectivity index (χ4n) is 2.73. The number of halogens is 2. The Bertz CT molecular complexity index is 1160. The third-order valence-corrected chi connectivity index (χ3v) is 5.73. The fraction of sp³-hybridized carbons (Fsp3) is 0.0526. The Hall–Kier alpha value is -2.61. The third-order valence-electron chi connectivity index (χ3n) is 3.99. The number of fused-ring (bicyclic) bond motifs is 1. The molecule has 1 heterocycles. The van der Waals surface area contributed by atoms with E-state index in [1.807, 2.05) is 42.5 Å². The van der Waals surface area contributed by atoms with Crippen LogP contribution >= 0.6 is 35.0 Å². The minimum absolute atomic E-state index is 0.119. The Kier molecular flexibility index (Phi) is 5.47. The standard InChI is InChI=1S/C19H13Cl2N5OS/c20-14-8-4-9-15(18(14)21)22-17(27)11-28-19-23-24-25-26(19)16-10-3-6-12-5-1-2-7-13(12)16/h1-10H,11H2,(H,22,27). The van der Waals surface area contributed by atoms with E-state index in [2.05, 4.69) is 20.8 Å². The third kappa shape index (κ3) is 3.82. The number of carbonyl (C=O) groups excluding carboxylic acids is 1. The predicted octanol–water partition coefficient (Wildman–Crippen LogP) is 4.85. The van der Waals surface area contributed by atoms with Crippen LogP contribution in [-0.4, -0.2) is 31.9 Å². The second-order valence-corrected chi connectivity index (χ2v) is 7.54. The number of hydrogen-bond donors (Lipinski definition) is 1. The van der Waals surface area contributed by atoms with Crippen molar-refractivity contribution < 1.29 is 4.79 Å². The summed E-state index contributed by atoms with van der Waals surface area (Å²) in [5.41, 5.74) is 1.32. The first-order valence-corrected chi connectivity index (χ1v) is 10.0. The summed E-state index contributed by atoms with van der Waals surface area (Å²) >= 11 is 13.3. The first-order valence-electron chi connectivity index (χ1n) is 8.26. The molecule has 4 aromatic rings. The van der Waals surface area contributed by atoms with Gasteiger partial charge in [0.05, 0.1) is 27.2 Å². The van der Waals surface area contributed by atoms with Crippen LogP contribution in [0.15, 0.2) is 65.8 Å². The summed E-state index contributed by atoms with van der Waals surface area (Å²) in [7, 11) is 0. The molecule has 9 heteroatoms. The summed E-state index contributed by atoms with van der Waals surface area (Å²) < 4.78 is 1.63. The van der Waals surface area contributed by atoms with Crippen LogP contribution in [0.3, 0.4) is 0 Å². The van der Waals surface area contributed by atoms with Crippen molar-refractivity contribution in [3.8, 4) is 5.69 Å². The van der Waals surface area contributed by atoms with Gasteiger partial charge in [0, 0.05) is 5.39 Å². The van der Waals surface area contributed by atoms with Crippen LogP contribution < -0.4 is 5.32 Å². The molecule has 0 radical (unpaired) electrons. The van der Waals surface area contributed by atoms with Gasteiger partial charge in [-0.15, -0.1) is 5.10 Å². The number of anilines is 1. The van der Waals surface area contributed by atoms with Gasteiger partial charge in [-0.3, -0.25) is 4.79 Å². The monoisotopic (exact) mass is 429 g/mol. The highest BCUT2D eigenvalue weighted by molar-refractivity contribution is 7.99. The van der Waals surface area contributed by atoms with Gasteiger partial charge in [-0.05, 0) is 34.0 Å². The molecule has 0 saturated carbocycles. The van der Waals surface area contributed by atoms with E-state index in [1.54, 1.807) is 22.9 Å². The maximum absolute atomic E-state index is 12.3. The predicted molar refractivity (Wildman–Crippen MR) is 112 cm³/mol. The van der Waals surface area contributed by atoms with E-state index in [9.17, 15) is 4.79 Å². The van der Waals surface area contributed by atoms with Crippen LogP contribution in [0.1, 0.15) is 0 Å². The molecule has 0 saturated heterocycles. The summed E-state index contributed by atoms with van der Waals surface area (Å²) in [6, 6.07) is 19.0. The minimum Gasteiger partial charge on any atom is -0.324 e. The molecule has 140 valence electrons.